The summed E-state index contributed by atoms with van der Waals surface area (Å²) in [7, 11) is 1.25. The van der Waals surface area contributed by atoms with Crippen LogP contribution in [0.3, 0.4) is 0 Å². The Kier molecular flexibility index (Phi) is 5.70. The summed E-state index contributed by atoms with van der Waals surface area (Å²) < 4.78 is 10.1. The van der Waals surface area contributed by atoms with Gasteiger partial charge in [0.05, 0.1) is 19.8 Å². The molecule has 1 aliphatic rings. The first-order valence-corrected chi connectivity index (χ1v) is 6.49. The van der Waals surface area contributed by atoms with Crippen molar-refractivity contribution in [1.82, 2.24) is 4.90 Å². The molecule has 1 saturated heterocycles. The highest BCUT2D eigenvalue weighted by atomic mass is 79.9. The molecule has 1 N–H and O–H groups in total. The van der Waals surface area contributed by atoms with Crippen molar-refractivity contribution in [3.05, 3.63) is 0 Å². The predicted octanol–water partition coefficient (Wildman–Crippen LogP) is 1.08. The van der Waals surface area contributed by atoms with Crippen molar-refractivity contribution >= 4 is 28.0 Å². The number of methoxy groups -OCH3 is 1. The number of esters is 1. The summed E-state index contributed by atoms with van der Waals surface area (Å²) in [5.41, 5.74) is 0. The summed E-state index contributed by atoms with van der Waals surface area (Å²) in [6, 6.07) is -0.856. The van der Waals surface area contributed by atoms with E-state index in [4.69, 9.17) is 9.84 Å². The summed E-state index contributed by atoms with van der Waals surface area (Å²) in [5, 5.41) is 9.69. The van der Waals surface area contributed by atoms with Crippen LogP contribution in [0.4, 0.5) is 4.79 Å². The van der Waals surface area contributed by atoms with Gasteiger partial charge < -0.3 is 14.6 Å². The van der Waals surface area contributed by atoms with Crippen LogP contribution >= 0.6 is 15.9 Å². The SMILES string of the molecule is COC(=O)C1C(OCCBr)CCCN1C(=O)O. The van der Waals surface area contributed by atoms with Gasteiger partial charge in [0.1, 0.15) is 0 Å². The van der Waals surface area contributed by atoms with Gasteiger partial charge in [0.2, 0.25) is 0 Å². The lowest BCUT2D eigenvalue weighted by Gasteiger charge is -2.37. The molecule has 0 aromatic carbocycles. The molecular formula is C10H16BrNO5. The summed E-state index contributed by atoms with van der Waals surface area (Å²) in [6.45, 7) is 0.773. The van der Waals surface area contributed by atoms with Crippen molar-refractivity contribution in [1.29, 1.82) is 0 Å². The molecular weight excluding hydrogens is 294 g/mol. The van der Waals surface area contributed by atoms with Gasteiger partial charge in [0.25, 0.3) is 0 Å². The van der Waals surface area contributed by atoms with Gasteiger partial charge in [0.15, 0.2) is 6.04 Å². The van der Waals surface area contributed by atoms with E-state index in [0.717, 1.165) is 4.90 Å². The highest BCUT2D eigenvalue weighted by Gasteiger charge is 2.40. The molecule has 0 radical (unpaired) electrons. The largest absolute Gasteiger partial charge is 0.467 e. The Balaban J connectivity index is 2.79. The lowest BCUT2D eigenvalue weighted by atomic mass is 9.99. The lowest BCUT2D eigenvalue weighted by Crippen LogP contribution is -2.56. The molecule has 1 rings (SSSR count). The van der Waals surface area contributed by atoms with E-state index in [1.54, 1.807) is 0 Å². The quantitative estimate of drug-likeness (QED) is 0.621. The van der Waals surface area contributed by atoms with E-state index in [0.29, 0.717) is 31.3 Å². The maximum Gasteiger partial charge on any atom is 0.408 e. The van der Waals surface area contributed by atoms with E-state index < -0.39 is 24.2 Å². The van der Waals surface area contributed by atoms with E-state index in [1.165, 1.54) is 7.11 Å². The number of carbonyl (C=O) groups excluding carboxylic acids is 1. The van der Waals surface area contributed by atoms with Gasteiger partial charge in [-0.1, -0.05) is 15.9 Å². The fraction of sp³-hybridized carbons (Fsp3) is 0.800. The Hall–Kier alpha value is -0.820. The first-order valence-electron chi connectivity index (χ1n) is 5.36. The zero-order valence-corrected chi connectivity index (χ0v) is 11.2. The Morgan fingerprint density at radius 2 is 2.24 bits per heavy atom. The number of hydrogen-bond donors (Lipinski definition) is 1. The fourth-order valence-electron chi connectivity index (χ4n) is 1.95. The molecule has 0 bridgehead atoms. The van der Waals surface area contributed by atoms with Crippen LogP contribution in [0.5, 0.6) is 0 Å². The van der Waals surface area contributed by atoms with E-state index in [9.17, 15) is 9.59 Å². The minimum absolute atomic E-state index is 0.337. The number of carbonyl (C=O) groups is 2. The van der Waals surface area contributed by atoms with Crippen molar-refractivity contribution in [2.24, 2.45) is 0 Å². The van der Waals surface area contributed by atoms with Crippen LogP contribution in [0.2, 0.25) is 0 Å². The van der Waals surface area contributed by atoms with Crippen molar-refractivity contribution in [3.8, 4) is 0 Å². The standard InChI is InChI=1S/C10H16BrNO5/c1-16-9(13)8-7(17-6-4-11)3-2-5-12(8)10(14)15/h7-8H,2-6H2,1H3,(H,14,15). The number of halogens is 1. The third-order valence-electron chi connectivity index (χ3n) is 2.67. The normalized spacial score (nSPS) is 24.5. The molecule has 0 aromatic rings. The number of ether oxygens (including phenoxy) is 2. The molecule has 1 amide bonds. The number of amides is 1. The third kappa shape index (κ3) is 3.57. The fourth-order valence-corrected chi connectivity index (χ4v) is 2.13. The first kappa shape index (κ1) is 14.2. The second kappa shape index (κ2) is 6.80. The zero-order valence-electron chi connectivity index (χ0n) is 9.60. The number of alkyl halides is 1. The van der Waals surface area contributed by atoms with Gasteiger partial charge in [-0.3, -0.25) is 4.90 Å². The van der Waals surface area contributed by atoms with Gasteiger partial charge in [-0.25, -0.2) is 9.59 Å². The van der Waals surface area contributed by atoms with Crippen LogP contribution in [-0.2, 0) is 14.3 Å². The van der Waals surface area contributed by atoms with E-state index in [1.807, 2.05) is 0 Å². The van der Waals surface area contributed by atoms with Crippen molar-refractivity contribution < 1.29 is 24.2 Å². The third-order valence-corrected chi connectivity index (χ3v) is 3.00. The van der Waals surface area contributed by atoms with Crippen LogP contribution in [0.25, 0.3) is 0 Å². The Bertz CT molecular complexity index is 286. The maximum atomic E-state index is 11.6. The minimum atomic E-state index is -1.12. The molecule has 1 heterocycles. The van der Waals surface area contributed by atoms with Crippen molar-refractivity contribution in [2.75, 3.05) is 25.6 Å². The van der Waals surface area contributed by atoms with Crippen LogP contribution in [0.1, 0.15) is 12.8 Å². The van der Waals surface area contributed by atoms with E-state index in [-0.39, 0.29) is 0 Å². The number of carboxylic acid groups (broad SMARTS) is 1. The molecule has 0 spiro atoms. The number of likely N-dealkylation sites (tertiary alicyclic amines) is 1. The van der Waals surface area contributed by atoms with Gasteiger partial charge in [-0.15, -0.1) is 0 Å². The van der Waals surface area contributed by atoms with Gasteiger partial charge in [-0.2, -0.15) is 0 Å². The molecule has 0 aromatic heterocycles. The number of hydrogen-bond acceptors (Lipinski definition) is 4. The smallest absolute Gasteiger partial charge is 0.408 e. The summed E-state index contributed by atoms with van der Waals surface area (Å²) in [5.74, 6) is -0.563. The second-order valence-electron chi connectivity index (χ2n) is 3.68. The average Bonchev–Trinajstić information content (AvgIpc) is 2.34. The second-order valence-corrected chi connectivity index (χ2v) is 4.48. The lowest BCUT2D eigenvalue weighted by molar-refractivity contribution is -0.154. The summed E-state index contributed by atoms with van der Waals surface area (Å²) in [6.07, 6.45) is -0.194. The van der Waals surface area contributed by atoms with Gasteiger partial charge in [0, 0.05) is 11.9 Å². The summed E-state index contributed by atoms with van der Waals surface area (Å²) in [4.78, 5) is 23.8. The van der Waals surface area contributed by atoms with E-state index in [2.05, 4.69) is 20.7 Å². The van der Waals surface area contributed by atoms with Crippen molar-refractivity contribution in [3.63, 3.8) is 0 Å². The maximum absolute atomic E-state index is 11.6. The molecule has 0 aliphatic carbocycles. The average molecular weight is 310 g/mol. The molecule has 2 atom stereocenters. The predicted molar refractivity (Wildman–Crippen MR) is 63.3 cm³/mol. The van der Waals surface area contributed by atoms with Gasteiger partial charge in [-0.05, 0) is 12.8 Å². The van der Waals surface area contributed by atoms with Crippen LogP contribution in [-0.4, -0.2) is 59.8 Å². The topological polar surface area (TPSA) is 76.1 Å². The van der Waals surface area contributed by atoms with Gasteiger partial charge >= 0.3 is 12.1 Å². The molecule has 17 heavy (non-hydrogen) atoms. The number of nitrogens with zero attached hydrogens (tertiary/aromatic N) is 1. The summed E-state index contributed by atoms with van der Waals surface area (Å²) >= 11 is 3.22. The highest BCUT2D eigenvalue weighted by Crippen LogP contribution is 2.22. The number of rotatable bonds is 4. The highest BCUT2D eigenvalue weighted by molar-refractivity contribution is 9.09. The Labute approximate surface area is 108 Å². The van der Waals surface area contributed by atoms with Crippen LogP contribution < -0.4 is 0 Å². The first-order chi connectivity index (χ1) is 8.11. The molecule has 2 unspecified atom stereocenters. The molecule has 1 fully saturated rings. The molecule has 7 heteroatoms. The molecule has 6 nitrogen and oxygen atoms in total. The zero-order chi connectivity index (χ0) is 12.8. The van der Waals surface area contributed by atoms with Crippen LogP contribution in [0.15, 0.2) is 0 Å². The minimum Gasteiger partial charge on any atom is -0.467 e. The molecule has 0 saturated carbocycles. The van der Waals surface area contributed by atoms with E-state index >= 15 is 0 Å². The van der Waals surface area contributed by atoms with Crippen molar-refractivity contribution in [2.45, 2.75) is 25.0 Å². The molecule has 1 aliphatic heterocycles. The monoisotopic (exact) mass is 309 g/mol. The van der Waals surface area contributed by atoms with Crippen LogP contribution in [0, 0.1) is 0 Å². The molecule has 98 valence electrons. The number of piperidine rings is 1. The Morgan fingerprint density at radius 3 is 2.76 bits per heavy atom. The Morgan fingerprint density at radius 1 is 1.53 bits per heavy atom.